The smallest absolute Gasteiger partial charge is 0.325 e. The highest BCUT2D eigenvalue weighted by molar-refractivity contribution is 5.82. The van der Waals surface area contributed by atoms with Crippen LogP contribution in [0.2, 0.25) is 0 Å². The van der Waals surface area contributed by atoms with Crippen molar-refractivity contribution in [3.63, 3.8) is 0 Å². The summed E-state index contributed by atoms with van der Waals surface area (Å²) in [6, 6.07) is 25.6. The summed E-state index contributed by atoms with van der Waals surface area (Å²) in [5.74, 6) is 0.694. The van der Waals surface area contributed by atoms with Crippen LogP contribution >= 0.6 is 0 Å². The lowest BCUT2D eigenvalue weighted by molar-refractivity contribution is -0.148. The van der Waals surface area contributed by atoms with E-state index in [0.29, 0.717) is 24.7 Å². The molecule has 0 fully saturated rings. The van der Waals surface area contributed by atoms with E-state index in [1.54, 1.807) is 14.0 Å². The lowest BCUT2D eigenvalue weighted by Crippen LogP contribution is -2.33. The van der Waals surface area contributed by atoms with E-state index < -0.39 is 5.97 Å². The second-order valence-electron chi connectivity index (χ2n) is 8.41. The number of likely N-dealkylation sites (N-methyl/N-ethyl adjacent to an activating group) is 1. The molecule has 6 nitrogen and oxygen atoms in total. The van der Waals surface area contributed by atoms with Crippen LogP contribution in [-0.4, -0.2) is 37.0 Å². The molecule has 0 aromatic heterocycles. The molecular formula is C29H33NO5. The van der Waals surface area contributed by atoms with E-state index in [1.807, 2.05) is 85.8 Å². The number of ether oxygens (including phenoxy) is 3. The maximum atomic E-state index is 12.7. The zero-order chi connectivity index (χ0) is 25.0. The predicted molar refractivity (Wildman–Crippen MR) is 135 cm³/mol. The van der Waals surface area contributed by atoms with Crippen LogP contribution in [0.5, 0.6) is 11.5 Å². The molecule has 1 unspecified atom stereocenters. The van der Waals surface area contributed by atoms with Gasteiger partial charge in [0.1, 0.15) is 31.3 Å². The predicted octanol–water partition coefficient (Wildman–Crippen LogP) is 5.36. The molecule has 184 valence electrons. The van der Waals surface area contributed by atoms with Crippen LogP contribution in [-0.2, 0) is 27.5 Å². The summed E-state index contributed by atoms with van der Waals surface area (Å²) in [5.41, 5.74) is 3.03. The maximum absolute atomic E-state index is 12.7. The average molecular weight is 476 g/mol. The number of rotatable bonds is 12. The van der Waals surface area contributed by atoms with E-state index in [-0.39, 0.29) is 31.4 Å². The lowest BCUT2D eigenvalue weighted by Gasteiger charge is -2.21. The topological polar surface area (TPSA) is 65.1 Å². The molecule has 0 bridgehead atoms. The van der Waals surface area contributed by atoms with Crippen LogP contribution < -0.4 is 9.47 Å². The summed E-state index contributed by atoms with van der Waals surface area (Å²) >= 11 is 0. The lowest BCUT2D eigenvalue weighted by atomic mass is 9.96. The SMILES string of the molecule is CCOC(=O)CN(C)C(=O)CC(C)c1ccc(OCc2ccccc2)cc1OCc1ccccc1. The van der Waals surface area contributed by atoms with Crippen LogP contribution in [0.1, 0.15) is 42.9 Å². The van der Waals surface area contributed by atoms with Gasteiger partial charge in [0.25, 0.3) is 0 Å². The van der Waals surface area contributed by atoms with Gasteiger partial charge in [0, 0.05) is 19.5 Å². The van der Waals surface area contributed by atoms with Gasteiger partial charge in [0.05, 0.1) is 6.61 Å². The van der Waals surface area contributed by atoms with Gasteiger partial charge in [0.2, 0.25) is 5.91 Å². The molecule has 1 atom stereocenters. The van der Waals surface area contributed by atoms with Gasteiger partial charge in [-0.1, -0.05) is 73.7 Å². The zero-order valence-corrected chi connectivity index (χ0v) is 20.6. The van der Waals surface area contributed by atoms with Gasteiger partial charge < -0.3 is 19.1 Å². The number of hydrogen-bond donors (Lipinski definition) is 0. The Morgan fingerprint density at radius 1 is 0.857 bits per heavy atom. The molecular weight excluding hydrogens is 442 g/mol. The highest BCUT2D eigenvalue weighted by Gasteiger charge is 2.20. The molecule has 0 aliphatic carbocycles. The summed E-state index contributed by atoms with van der Waals surface area (Å²) < 4.78 is 17.1. The number of nitrogens with zero attached hydrogens (tertiary/aromatic N) is 1. The Morgan fingerprint density at radius 2 is 1.46 bits per heavy atom. The van der Waals surface area contributed by atoms with Crippen molar-refractivity contribution >= 4 is 11.9 Å². The Morgan fingerprint density at radius 3 is 2.06 bits per heavy atom. The summed E-state index contributed by atoms with van der Waals surface area (Å²) in [4.78, 5) is 25.9. The first-order valence-corrected chi connectivity index (χ1v) is 11.8. The van der Waals surface area contributed by atoms with Gasteiger partial charge in [0.15, 0.2) is 0 Å². The fraction of sp³-hybridized carbons (Fsp3) is 0.310. The van der Waals surface area contributed by atoms with Gasteiger partial charge in [-0.05, 0) is 35.6 Å². The molecule has 0 radical (unpaired) electrons. The number of carbonyl (C=O) groups is 2. The van der Waals surface area contributed by atoms with Gasteiger partial charge in [-0.2, -0.15) is 0 Å². The Kier molecular flexibility index (Phi) is 9.72. The zero-order valence-electron chi connectivity index (χ0n) is 20.6. The molecule has 35 heavy (non-hydrogen) atoms. The van der Waals surface area contributed by atoms with Crippen LogP contribution in [0.3, 0.4) is 0 Å². The molecule has 6 heteroatoms. The third-order valence-electron chi connectivity index (χ3n) is 5.58. The van der Waals surface area contributed by atoms with E-state index in [4.69, 9.17) is 14.2 Å². The number of amides is 1. The molecule has 0 saturated heterocycles. The fourth-order valence-electron chi connectivity index (χ4n) is 3.63. The van der Waals surface area contributed by atoms with Gasteiger partial charge in [-0.3, -0.25) is 9.59 Å². The first-order chi connectivity index (χ1) is 17.0. The normalized spacial score (nSPS) is 11.4. The molecule has 0 heterocycles. The molecule has 3 rings (SSSR count). The monoisotopic (exact) mass is 475 g/mol. The largest absolute Gasteiger partial charge is 0.489 e. The minimum absolute atomic E-state index is 0.0664. The Balaban J connectivity index is 1.73. The van der Waals surface area contributed by atoms with Gasteiger partial charge in [-0.15, -0.1) is 0 Å². The van der Waals surface area contributed by atoms with E-state index in [9.17, 15) is 9.59 Å². The second-order valence-corrected chi connectivity index (χ2v) is 8.41. The molecule has 1 amide bonds. The van der Waals surface area contributed by atoms with Gasteiger partial charge in [-0.25, -0.2) is 0 Å². The molecule has 0 spiro atoms. The third-order valence-corrected chi connectivity index (χ3v) is 5.58. The van der Waals surface area contributed by atoms with Crippen molar-refractivity contribution < 1.29 is 23.8 Å². The highest BCUT2D eigenvalue weighted by atomic mass is 16.5. The van der Waals surface area contributed by atoms with E-state index in [2.05, 4.69) is 0 Å². The molecule has 0 aliphatic rings. The summed E-state index contributed by atoms with van der Waals surface area (Å²) in [6.45, 7) is 4.79. The minimum atomic E-state index is -0.414. The summed E-state index contributed by atoms with van der Waals surface area (Å²) in [5, 5.41) is 0. The standard InChI is InChI=1S/C29H33NO5/c1-4-33-29(32)19-30(3)28(31)17-22(2)26-16-15-25(34-20-23-11-7-5-8-12-23)18-27(26)35-21-24-13-9-6-10-14-24/h5-16,18,22H,4,17,19-21H2,1-3H3. The quantitative estimate of drug-likeness (QED) is 0.330. The van der Waals surface area contributed by atoms with E-state index in [0.717, 1.165) is 16.7 Å². The summed E-state index contributed by atoms with van der Waals surface area (Å²) in [6.07, 6.45) is 0.238. The molecule has 0 saturated carbocycles. The fourth-order valence-corrected chi connectivity index (χ4v) is 3.63. The molecule has 0 aliphatic heterocycles. The van der Waals surface area contributed by atoms with Crippen molar-refractivity contribution in [2.75, 3.05) is 20.2 Å². The molecule has 3 aromatic carbocycles. The third kappa shape index (κ3) is 8.18. The number of esters is 1. The Bertz CT molecular complexity index is 1080. The minimum Gasteiger partial charge on any atom is -0.489 e. The van der Waals surface area contributed by atoms with Crippen molar-refractivity contribution in [2.24, 2.45) is 0 Å². The van der Waals surface area contributed by atoms with E-state index in [1.165, 1.54) is 4.90 Å². The van der Waals surface area contributed by atoms with Crippen LogP contribution in [0.4, 0.5) is 0 Å². The second kappa shape index (κ2) is 13.2. The van der Waals surface area contributed by atoms with Crippen LogP contribution in [0, 0.1) is 0 Å². The van der Waals surface area contributed by atoms with Crippen LogP contribution in [0.15, 0.2) is 78.9 Å². The average Bonchev–Trinajstić information content (AvgIpc) is 2.87. The number of hydrogen-bond acceptors (Lipinski definition) is 5. The molecule has 3 aromatic rings. The van der Waals surface area contributed by atoms with Crippen molar-refractivity contribution in [1.82, 2.24) is 4.90 Å². The van der Waals surface area contributed by atoms with Crippen molar-refractivity contribution in [2.45, 2.75) is 39.4 Å². The Labute approximate surface area is 207 Å². The number of benzene rings is 3. The Hall–Kier alpha value is -3.80. The van der Waals surface area contributed by atoms with Crippen LogP contribution in [0.25, 0.3) is 0 Å². The van der Waals surface area contributed by atoms with Crippen molar-refractivity contribution in [3.05, 3.63) is 95.6 Å². The molecule has 0 N–H and O–H groups in total. The van der Waals surface area contributed by atoms with Gasteiger partial charge >= 0.3 is 5.97 Å². The first-order valence-electron chi connectivity index (χ1n) is 11.8. The first kappa shape index (κ1) is 25.8. The number of carbonyl (C=O) groups excluding carboxylic acids is 2. The summed E-state index contributed by atoms with van der Waals surface area (Å²) in [7, 11) is 1.61. The highest BCUT2D eigenvalue weighted by Crippen LogP contribution is 2.33. The maximum Gasteiger partial charge on any atom is 0.325 e. The van der Waals surface area contributed by atoms with E-state index >= 15 is 0 Å². The van der Waals surface area contributed by atoms with Crippen molar-refractivity contribution in [1.29, 1.82) is 0 Å². The van der Waals surface area contributed by atoms with Crippen molar-refractivity contribution in [3.8, 4) is 11.5 Å².